The Bertz CT molecular complexity index is 494. The highest BCUT2D eigenvalue weighted by Gasteiger charge is 2.03. The highest BCUT2D eigenvalue weighted by molar-refractivity contribution is 9.10. The second-order valence-corrected chi connectivity index (χ2v) is 4.26. The number of anilines is 2. The molecular weight excluding hydrogens is 270 g/mol. The van der Waals surface area contributed by atoms with Crippen LogP contribution in [0.1, 0.15) is 5.82 Å². The third kappa shape index (κ3) is 2.33. The Hall–Kier alpha value is -1.56. The first kappa shape index (κ1) is 10.9. The number of nitrogens with zero attached hydrogens (tertiary/aromatic N) is 3. The highest BCUT2D eigenvalue weighted by Crippen LogP contribution is 2.21. The minimum Gasteiger partial charge on any atom is -0.397 e. The summed E-state index contributed by atoms with van der Waals surface area (Å²) >= 11 is 3.40. The van der Waals surface area contributed by atoms with Crippen molar-refractivity contribution in [2.24, 2.45) is 7.05 Å². The summed E-state index contributed by atoms with van der Waals surface area (Å²) in [5.74, 6) is 1.71. The summed E-state index contributed by atoms with van der Waals surface area (Å²) in [5, 5.41) is 3.19. The lowest BCUT2D eigenvalue weighted by atomic mass is 10.4. The maximum atomic E-state index is 5.61. The summed E-state index contributed by atoms with van der Waals surface area (Å²) in [6.45, 7) is 0.624. The maximum absolute atomic E-state index is 5.61. The number of nitrogen functional groups attached to an aromatic ring is 1. The van der Waals surface area contributed by atoms with Gasteiger partial charge >= 0.3 is 0 Å². The van der Waals surface area contributed by atoms with Gasteiger partial charge in [0, 0.05) is 19.4 Å². The number of nitrogens with one attached hydrogen (secondary N) is 1. The highest BCUT2D eigenvalue weighted by atomic mass is 79.9. The number of halogens is 1. The third-order valence-corrected chi connectivity index (χ3v) is 2.80. The van der Waals surface area contributed by atoms with Crippen molar-refractivity contribution in [1.29, 1.82) is 0 Å². The monoisotopic (exact) mass is 281 g/mol. The van der Waals surface area contributed by atoms with Gasteiger partial charge in [-0.15, -0.1) is 0 Å². The van der Waals surface area contributed by atoms with E-state index >= 15 is 0 Å². The number of hydrogen-bond acceptors (Lipinski definition) is 4. The van der Waals surface area contributed by atoms with Crippen molar-refractivity contribution in [2.75, 3.05) is 11.1 Å². The van der Waals surface area contributed by atoms with E-state index in [1.54, 1.807) is 12.4 Å². The fourth-order valence-electron chi connectivity index (χ4n) is 1.31. The molecule has 0 aliphatic carbocycles. The lowest BCUT2D eigenvalue weighted by Gasteiger charge is -2.07. The van der Waals surface area contributed by atoms with Crippen LogP contribution in [0.25, 0.3) is 0 Å². The fourth-order valence-corrected chi connectivity index (χ4v) is 1.82. The molecule has 2 aromatic rings. The molecule has 0 atom stereocenters. The Morgan fingerprint density at radius 2 is 2.31 bits per heavy atom. The average Bonchev–Trinajstić information content (AvgIpc) is 2.63. The molecule has 84 valence electrons. The smallest absolute Gasteiger partial charge is 0.140 e. The first-order valence-electron chi connectivity index (χ1n) is 4.78. The van der Waals surface area contributed by atoms with Crippen LogP contribution in [0.3, 0.4) is 0 Å². The molecule has 3 N–H and O–H groups in total. The lowest BCUT2D eigenvalue weighted by molar-refractivity contribution is 0.810. The van der Waals surface area contributed by atoms with Crippen molar-refractivity contribution in [1.82, 2.24) is 14.5 Å². The SMILES string of the molecule is Cn1ccnc1CNc1ncc(N)cc1Br. The Morgan fingerprint density at radius 3 is 2.94 bits per heavy atom. The molecule has 0 saturated heterocycles. The molecule has 0 bridgehead atoms. The van der Waals surface area contributed by atoms with E-state index in [1.165, 1.54) is 0 Å². The molecule has 2 rings (SSSR count). The molecule has 5 nitrogen and oxygen atoms in total. The lowest BCUT2D eigenvalue weighted by Crippen LogP contribution is -2.07. The summed E-state index contributed by atoms with van der Waals surface area (Å²) in [7, 11) is 1.95. The van der Waals surface area contributed by atoms with Gasteiger partial charge < -0.3 is 15.6 Å². The van der Waals surface area contributed by atoms with E-state index in [1.807, 2.05) is 23.9 Å². The topological polar surface area (TPSA) is 68.8 Å². The molecule has 0 radical (unpaired) electrons. The van der Waals surface area contributed by atoms with Gasteiger partial charge in [0.2, 0.25) is 0 Å². The Morgan fingerprint density at radius 1 is 1.50 bits per heavy atom. The van der Waals surface area contributed by atoms with Crippen LogP contribution in [0.2, 0.25) is 0 Å². The molecule has 0 amide bonds. The predicted octanol–water partition coefficient (Wildman–Crippen LogP) is 1.77. The van der Waals surface area contributed by atoms with Crippen LogP contribution in [-0.2, 0) is 13.6 Å². The van der Waals surface area contributed by atoms with Crippen LogP contribution < -0.4 is 11.1 Å². The Labute approximate surface area is 102 Å². The molecular formula is C10H12BrN5. The van der Waals surface area contributed by atoms with Crippen molar-refractivity contribution in [3.63, 3.8) is 0 Å². The van der Waals surface area contributed by atoms with Gasteiger partial charge in [-0.1, -0.05) is 0 Å². The normalized spacial score (nSPS) is 10.4. The standard InChI is InChI=1S/C10H12BrN5/c1-16-3-2-13-9(16)6-15-10-8(11)4-7(12)5-14-10/h2-5H,6,12H2,1H3,(H,14,15). The van der Waals surface area contributed by atoms with Gasteiger partial charge in [0.15, 0.2) is 0 Å². The summed E-state index contributed by atoms with van der Waals surface area (Å²) in [5.41, 5.74) is 6.24. The Balaban J connectivity index is 2.08. The molecule has 2 aromatic heterocycles. The zero-order chi connectivity index (χ0) is 11.5. The molecule has 0 spiro atoms. The van der Waals surface area contributed by atoms with Crippen LogP contribution in [-0.4, -0.2) is 14.5 Å². The van der Waals surface area contributed by atoms with E-state index in [0.717, 1.165) is 16.1 Å². The molecule has 0 unspecified atom stereocenters. The van der Waals surface area contributed by atoms with Crippen molar-refractivity contribution >= 4 is 27.4 Å². The maximum Gasteiger partial charge on any atom is 0.140 e. The zero-order valence-corrected chi connectivity index (χ0v) is 10.4. The van der Waals surface area contributed by atoms with Gasteiger partial charge in [-0.2, -0.15) is 0 Å². The van der Waals surface area contributed by atoms with Crippen LogP contribution >= 0.6 is 15.9 Å². The van der Waals surface area contributed by atoms with Crippen molar-refractivity contribution in [2.45, 2.75) is 6.54 Å². The van der Waals surface area contributed by atoms with Crippen LogP contribution in [0.5, 0.6) is 0 Å². The number of aryl methyl sites for hydroxylation is 1. The van der Waals surface area contributed by atoms with Gasteiger partial charge in [0.25, 0.3) is 0 Å². The largest absolute Gasteiger partial charge is 0.397 e. The molecule has 16 heavy (non-hydrogen) atoms. The fraction of sp³-hybridized carbons (Fsp3) is 0.200. The van der Waals surface area contributed by atoms with Crippen LogP contribution in [0.15, 0.2) is 29.1 Å². The second kappa shape index (κ2) is 4.52. The second-order valence-electron chi connectivity index (χ2n) is 3.41. The van der Waals surface area contributed by atoms with Crippen molar-refractivity contribution in [3.05, 3.63) is 35.0 Å². The third-order valence-electron chi connectivity index (χ3n) is 2.20. The van der Waals surface area contributed by atoms with E-state index in [-0.39, 0.29) is 0 Å². The first-order valence-corrected chi connectivity index (χ1v) is 5.57. The number of nitrogens with two attached hydrogens (primary N) is 1. The van der Waals surface area contributed by atoms with E-state index in [9.17, 15) is 0 Å². The summed E-state index contributed by atoms with van der Waals surface area (Å²) in [4.78, 5) is 8.40. The quantitative estimate of drug-likeness (QED) is 0.900. The minimum absolute atomic E-state index is 0.624. The number of aromatic nitrogens is 3. The van der Waals surface area contributed by atoms with Gasteiger partial charge in [0.1, 0.15) is 11.6 Å². The molecule has 6 heteroatoms. The van der Waals surface area contributed by atoms with Gasteiger partial charge in [-0.3, -0.25) is 0 Å². The number of pyridine rings is 1. The molecule has 0 aliphatic heterocycles. The van der Waals surface area contributed by atoms with Gasteiger partial charge in [-0.05, 0) is 22.0 Å². The molecule has 0 saturated carbocycles. The number of hydrogen-bond donors (Lipinski definition) is 2. The number of rotatable bonds is 3. The minimum atomic E-state index is 0.624. The Kier molecular flexibility index (Phi) is 3.09. The predicted molar refractivity (Wildman–Crippen MR) is 66.9 cm³/mol. The van der Waals surface area contributed by atoms with Crippen LogP contribution in [0.4, 0.5) is 11.5 Å². The van der Waals surface area contributed by atoms with Crippen molar-refractivity contribution in [3.8, 4) is 0 Å². The van der Waals surface area contributed by atoms with Crippen LogP contribution in [0, 0.1) is 0 Å². The molecule has 2 heterocycles. The van der Waals surface area contributed by atoms with E-state index in [4.69, 9.17) is 5.73 Å². The molecule has 0 aliphatic rings. The molecule has 0 fully saturated rings. The zero-order valence-electron chi connectivity index (χ0n) is 8.81. The number of imidazole rings is 1. The van der Waals surface area contributed by atoms with Crippen molar-refractivity contribution < 1.29 is 0 Å². The molecule has 0 aromatic carbocycles. The van der Waals surface area contributed by atoms with E-state index < -0.39 is 0 Å². The van der Waals surface area contributed by atoms with Gasteiger partial charge in [-0.25, -0.2) is 9.97 Å². The van der Waals surface area contributed by atoms with E-state index in [2.05, 4.69) is 31.2 Å². The summed E-state index contributed by atoms with van der Waals surface area (Å²) < 4.78 is 2.81. The summed E-state index contributed by atoms with van der Waals surface area (Å²) in [6.07, 6.45) is 5.29. The first-order chi connectivity index (χ1) is 7.66. The van der Waals surface area contributed by atoms with E-state index in [0.29, 0.717) is 12.2 Å². The summed E-state index contributed by atoms with van der Waals surface area (Å²) in [6, 6.07) is 1.81. The van der Waals surface area contributed by atoms with Gasteiger partial charge in [0.05, 0.1) is 22.9 Å². The average molecular weight is 282 g/mol.